The molecule has 1 saturated heterocycles. The van der Waals surface area contributed by atoms with Crippen molar-refractivity contribution in [3.63, 3.8) is 0 Å². The Morgan fingerprint density at radius 2 is 1.94 bits per heavy atom. The van der Waals surface area contributed by atoms with Crippen LogP contribution >= 0.6 is 15.9 Å². The first-order chi connectivity index (χ1) is 7.98. The highest BCUT2D eigenvalue weighted by Gasteiger charge is 2.22. The van der Waals surface area contributed by atoms with E-state index in [1.165, 1.54) is 6.07 Å². The molecule has 1 aromatic carbocycles. The molecule has 1 aliphatic heterocycles. The molecule has 0 radical (unpaired) electrons. The molecular formula is C11H13BrFNO2S. The molecule has 0 amide bonds. The largest absolute Gasteiger partial charge is 0.297 e. The first-order valence-corrected chi connectivity index (χ1v) is 7.95. The second-order valence-electron chi connectivity index (χ2n) is 4.14. The van der Waals surface area contributed by atoms with Gasteiger partial charge in [-0.1, -0.05) is 12.1 Å². The Hall–Kier alpha value is -0.460. The van der Waals surface area contributed by atoms with Gasteiger partial charge in [0.15, 0.2) is 9.84 Å². The number of nitrogens with zero attached hydrogens (tertiary/aromatic N) is 1. The maximum atomic E-state index is 13.3. The lowest BCUT2D eigenvalue weighted by molar-refractivity contribution is 0.286. The van der Waals surface area contributed by atoms with Crippen LogP contribution in [-0.2, 0) is 16.4 Å². The molecular weight excluding hydrogens is 309 g/mol. The topological polar surface area (TPSA) is 37.4 Å². The molecule has 6 heteroatoms. The van der Waals surface area contributed by atoms with E-state index in [1.807, 2.05) is 11.0 Å². The normalized spacial score (nSPS) is 20.4. The van der Waals surface area contributed by atoms with Gasteiger partial charge in [-0.2, -0.15) is 0 Å². The van der Waals surface area contributed by atoms with Gasteiger partial charge in [0.2, 0.25) is 0 Å². The van der Waals surface area contributed by atoms with Crippen LogP contribution in [0.3, 0.4) is 0 Å². The monoisotopic (exact) mass is 321 g/mol. The molecule has 0 N–H and O–H groups in total. The number of sulfone groups is 1. The van der Waals surface area contributed by atoms with Gasteiger partial charge in [0.1, 0.15) is 5.82 Å². The highest BCUT2D eigenvalue weighted by molar-refractivity contribution is 9.10. The van der Waals surface area contributed by atoms with Gasteiger partial charge in [-0.3, -0.25) is 4.90 Å². The fourth-order valence-electron chi connectivity index (χ4n) is 1.82. The summed E-state index contributed by atoms with van der Waals surface area (Å²) in [6.07, 6.45) is 0. The van der Waals surface area contributed by atoms with Crippen LogP contribution in [-0.4, -0.2) is 37.9 Å². The predicted molar refractivity (Wildman–Crippen MR) is 68.0 cm³/mol. The maximum absolute atomic E-state index is 13.3. The molecule has 94 valence electrons. The Kier molecular flexibility index (Phi) is 3.85. The smallest absolute Gasteiger partial charge is 0.152 e. The van der Waals surface area contributed by atoms with Gasteiger partial charge in [-0.25, -0.2) is 12.8 Å². The number of benzene rings is 1. The first-order valence-electron chi connectivity index (χ1n) is 5.33. The van der Waals surface area contributed by atoms with Crippen LogP contribution < -0.4 is 0 Å². The highest BCUT2D eigenvalue weighted by Crippen LogP contribution is 2.22. The van der Waals surface area contributed by atoms with Crippen LogP contribution in [0.5, 0.6) is 0 Å². The van der Waals surface area contributed by atoms with Crippen molar-refractivity contribution in [2.24, 2.45) is 0 Å². The Labute approximate surface area is 109 Å². The minimum Gasteiger partial charge on any atom is -0.297 e. The highest BCUT2D eigenvalue weighted by atomic mass is 79.9. The number of rotatable bonds is 2. The quantitative estimate of drug-likeness (QED) is 0.833. The van der Waals surface area contributed by atoms with E-state index in [4.69, 9.17) is 0 Å². The van der Waals surface area contributed by atoms with Gasteiger partial charge in [0.25, 0.3) is 0 Å². The molecule has 0 spiro atoms. The average Bonchev–Trinajstić information content (AvgIpc) is 2.27. The van der Waals surface area contributed by atoms with Crippen LogP contribution in [0, 0.1) is 5.82 Å². The fraction of sp³-hybridized carbons (Fsp3) is 0.455. The Bertz CT molecular complexity index is 504. The van der Waals surface area contributed by atoms with Crippen LogP contribution in [0.15, 0.2) is 22.7 Å². The lowest BCUT2D eigenvalue weighted by Crippen LogP contribution is -2.39. The summed E-state index contributed by atoms with van der Waals surface area (Å²) in [4.78, 5) is 2.03. The van der Waals surface area contributed by atoms with E-state index < -0.39 is 9.84 Å². The lowest BCUT2D eigenvalue weighted by atomic mass is 10.2. The van der Waals surface area contributed by atoms with Gasteiger partial charge in [-0.15, -0.1) is 0 Å². The van der Waals surface area contributed by atoms with E-state index in [0.29, 0.717) is 24.1 Å². The molecule has 0 bridgehead atoms. The van der Waals surface area contributed by atoms with E-state index in [1.54, 1.807) is 6.07 Å². The van der Waals surface area contributed by atoms with Crippen molar-refractivity contribution in [2.75, 3.05) is 24.6 Å². The molecule has 0 atom stereocenters. The zero-order chi connectivity index (χ0) is 12.5. The number of hydrogen-bond donors (Lipinski definition) is 0. The van der Waals surface area contributed by atoms with Crippen molar-refractivity contribution >= 4 is 25.8 Å². The molecule has 0 aliphatic carbocycles. The maximum Gasteiger partial charge on any atom is 0.152 e. The summed E-state index contributed by atoms with van der Waals surface area (Å²) in [5.41, 5.74) is 0.851. The van der Waals surface area contributed by atoms with Crippen LogP contribution in [0.4, 0.5) is 4.39 Å². The van der Waals surface area contributed by atoms with Gasteiger partial charge >= 0.3 is 0 Å². The fourth-order valence-corrected chi connectivity index (χ4v) is 3.49. The van der Waals surface area contributed by atoms with E-state index >= 15 is 0 Å². The third-order valence-electron chi connectivity index (χ3n) is 2.86. The molecule has 1 fully saturated rings. The second kappa shape index (κ2) is 5.04. The van der Waals surface area contributed by atoms with Crippen molar-refractivity contribution in [1.82, 2.24) is 4.90 Å². The summed E-state index contributed by atoms with van der Waals surface area (Å²) in [5.74, 6) is 0.104. The summed E-state index contributed by atoms with van der Waals surface area (Å²) in [5, 5.41) is 0. The summed E-state index contributed by atoms with van der Waals surface area (Å²) in [7, 11) is -2.85. The molecule has 1 aliphatic rings. The molecule has 17 heavy (non-hydrogen) atoms. The molecule has 0 saturated carbocycles. The number of hydrogen-bond acceptors (Lipinski definition) is 3. The van der Waals surface area contributed by atoms with E-state index in [-0.39, 0.29) is 17.3 Å². The third-order valence-corrected chi connectivity index (χ3v) is 5.36. The second-order valence-corrected chi connectivity index (χ2v) is 7.24. The van der Waals surface area contributed by atoms with Crippen LogP contribution in [0.2, 0.25) is 0 Å². The molecule has 1 heterocycles. The zero-order valence-corrected chi connectivity index (χ0v) is 11.6. The molecule has 2 rings (SSSR count). The third kappa shape index (κ3) is 3.26. The molecule has 0 aromatic heterocycles. The van der Waals surface area contributed by atoms with Crippen molar-refractivity contribution in [1.29, 1.82) is 0 Å². The summed E-state index contributed by atoms with van der Waals surface area (Å²) < 4.78 is 36.3. The number of halogens is 2. The zero-order valence-electron chi connectivity index (χ0n) is 9.20. The Morgan fingerprint density at radius 1 is 1.29 bits per heavy atom. The van der Waals surface area contributed by atoms with Gasteiger partial charge < -0.3 is 0 Å². The van der Waals surface area contributed by atoms with Gasteiger partial charge in [-0.05, 0) is 27.6 Å². The molecule has 0 unspecified atom stereocenters. The van der Waals surface area contributed by atoms with E-state index in [2.05, 4.69) is 15.9 Å². The summed E-state index contributed by atoms with van der Waals surface area (Å²) in [6, 6.07) is 4.90. The van der Waals surface area contributed by atoms with Gasteiger partial charge in [0, 0.05) is 19.6 Å². The molecule has 3 nitrogen and oxygen atoms in total. The van der Waals surface area contributed by atoms with Crippen LogP contribution in [0.25, 0.3) is 0 Å². The first kappa shape index (κ1) is 13.0. The minimum atomic E-state index is -2.85. The SMILES string of the molecule is O=S1(=O)CCN(Cc2cccc(F)c2Br)CC1. The Morgan fingerprint density at radius 3 is 2.59 bits per heavy atom. The minimum absolute atomic E-state index is 0.194. The van der Waals surface area contributed by atoms with E-state index in [0.717, 1.165) is 5.56 Å². The van der Waals surface area contributed by atoms with Crippen molar-refractivity contribution in [3.05, 3.63) is 34.1 Å². The van der Waals surface area contributed by atoms with E-state index in [9.17, 15) is 12.8 Å². The van der Waals surface area contributed by atoms with Crippen molar-refractivity contribution in [2.45, 2.75) is 6.54 Å². The predicted octanol–water partition coefficient (Wildman–Crippen LogP) is 1.82. The van der Waals surface area contributed by atoms with Crippen LogP contribution in [0.1, 0.15) is 5.56 Å². The lowest BCUT2D eigenvalue weighted by Gasteiger charge is -2.26. The van der Waals surface area contributed by atoms with Crippen molar-refractivity contribution < 1.29 is 12.8 Å². The molecule has 1 aromatic rings. The average molecular weight is 322 g/mol. The standard InChI is InChI=1S/C11H13BrFNO2S/c12-11-9(2-1-3-10(11)13)8-14-4-6-17(15,16)7-5-14/h1-3H,4-8H2. The summed E-state index contributed by atoms with van der Waals surface area (Å²) in [6.45, 7) is 1.62. The Balaban J connectivity index is 2.05. The summed E-state index contributed by atoms with van der Waals surface area (Å²) >= 11 is 3.21. The van der Waals surface area contributed by atoms with Crippen molar-refractivity contribution in [3.8, 4) is 0 Å². The van der Waals surface area contributed by atoms with Gasteiger partial charge in [0.05, 0.1) is 16.0 Å².